The fraction of sp³-hybridized carbons (Fsp3) is 1.00. The Morgan fingerprint density at radius 3 is 2.83 bits per heavy atom. The zero-order valence-corrected chi connectivity index (χ0v) is 9.70. The van der Waals surface area contributed by atoms with E-state index in [1.807, 2.05) is 0 Å². The summed E-state index contributed by atoms with van der Waals surface area (Å²) in [6, 6.07) is 0. The minimum atomic E-state index is 0.860. The third-order valence-corrected chi connectivity index (χ3v) is 3.66. The molecule has 1 aliphatic heterocycles. The number of hydrogen-bond donors (Lipinski definition) is 1. The SMILES string of the molecule is CC(C)C1CCN(CCSS)C1. The van der Waals surface area contributed by atoms with E-state index in [-0.39, 0.29) is 0 Å². The van der Waals surface area contributed by atoms with Crippen molar-refractivity contribution in [1.82, 2.24) is 4.90 Å². The van der Waals surface area contributed by atoms with Crippen LogP contribution in [0, 0.1) is 11.8 Å². The minimum Gasteiger partial charge on any atom is -0.302 e. The molecule has 1 saturated heterocycles. The molecule has 1 unspecified atom stereocenters. The lowest BCUT2D eigenvalue weighted by Gasteiger charge is -2.16. The van der Waals surface area contributed by atoms with Gasteiger partial charge in [0.25, 0.3) is 0 Å². The zero-order chi connectivity index (χ0) is 8.97. The maximum absolute atomic E-state index is 4.15. The van der Waals surface area contributed by atoms with Gasteiger partial charge in [0.15, 0.2) is 0 Å². The van der Waals surface area contributed by atoms with Gasteiger partial charge in [-0.3, -0.25) is 0 Å². The van der Waals surface area contributed by atoms with Crippen molar-refractivity contribution >= 4 is 22.5 Å². The molecule has 1 rings (SSSR count). The molecular weight excluding hydrogens is 186 g/mol. The Balaban J connectivity index is 2.17. The quantitative estimate of drug-likeness (QED) is 0.555. The smallest absolute Gasteiger partial charge is 0.0162 e. The lowest BCUT2D eigenvalue weighted by molar-refractivity contribution is 0.319. The van der Waals surface area contributed by atoms with Crippen LogP contribution in [0.15, 0.2) is 0 Å². The largest absolute Gasteiger partial charge is 0.302 e. The van der Waals surface area contributed by atoms with Crippen LogP contribution in [0.3, 0.4) is 0 Å². The monoisotopic (exact) mass is 205 g/mol. The van der Waals surface area contributed by atoms with Crippen molar-refractivity contribution in [2.75, 3.05) is 25.4 Å². The molecular formula is C9H19NS2. The fourth-order valence-electron chi connectivity index (χ4n) is 1.78. The Morgan fingerprint density at radius 2 is 2.33 bits per heavy atom. The van der Waals surface area contributed by atoms with E-state index in [0.29, 0.717) is 0 Å². The molecule has 1 nitrogen and oxygen atoms in total. The highest BCUT2D eigenvalue weighted by atomic mass is 33.1. The van der Waals surface area contributed by atoms with Gasteiger partial charge >= 0.3 is 0 Å². The number of hydrogen-bond acceptors (Lipinski definition) is 3. The van der Waals surface area contributed by atoms with Crippen molar-refractivity contribution in [3.8, 4) is 0 Å². The zero-order valence-electron chi connectivity index (χ0n) is 7.99. The molecule has 1 heterocycles. The van der Waals surface area contributed by atoms with Gasteiger partial charge in [-0.2, -0.15) is 0 Å². The van der Waals surface area contributed by atoms with Crippen molar-refractivity contribution in [3.63, 3.8) is 0 Å². The van der Waals surface area contributed by atoms with E-state index in [0.717, 1.165) is 17.6 Å². The maximum atomic E-state index is 4.15. The van der Waals surface area contributed by atoms with Gasteiger partial charge in [0.05, 0.1) is 0 Å². The van der Waals surface area contributed by atoms with Crippen LogP contribution < -0.4 is 0 Å². The van der Waals surface area contributed by atoms with Crippen LogP contribution in [0.2, 0.25) is 0 Å². The fourth-order valence-corrected chi connectivity index (χ4v) is 2.36. The summed E-state index contributed by atoms with van der Waals surface area (Å²) in [4.78, 5) is 2.56. The number of rotatable bonds is 4. The highest BCUT2D eigenvalue weighted by Crippen LogP contribution is 2.23. The molecule has 1 fully saturated rings. The van der Waals surface area contributed by atoms with Crippen LogP contribution in [-0.4, -0.2) is 30.3 Å². The van der Waals surface area contributed by atoms with E-state index >= 15 is 0 Å². The van der Waals surface area contributed by atoms with Crippen molar-refractivity contribution in [2.24, 2.45) is 11.8 Å². The maximum Gasteiger partial charge on any atom is 0.0162 e. The summed E-state index contributed by atoms with van der Waals surface area (Å²) in [5.41, 5.74) is 0. The highest BCUT2D eigenvalue weighted by molar-refractivity contribution is 8.68. The van der Waals surface area contributed by atoms with E-state index in [4.69, 9.17) is 0 Å². The molecule has 0 bridgehead atoms. The first kappa shape index (κ1) is 10.7. The summed E-state index contributed by atoms with van der Waals surface area (Å²) in [6.45, 7) is 8.50. The van der Waals surface area contributed by atoms with Crippen molar-refractivity contribution in [2.45, 2.75) is 20.3 Å². The molecule has 12 heavy (non-hydrogen) atoms. The van der Waals surface area contributed by atoms with Gasteiger partial charge < -0.3 is 4.90 Å². The molecule has 0 aliphatic carbocycles. The normalized spacial score (nSPS) is 25.5. The number of likely N-dealkylation sites (tertiary alicyclic amines) is 1. The molecule has 0 aromatic rings. The van der Waals surface area contributed by atoms with Gasteiger partial charge in [-0.05, 0) is 24.8 Å². The van der Waals surface area contributed by atoms with Crippen LogP contribution in [-0.2, 0) is 0 Å². The van der Waals surface area contributed by atoms with E-state index in [1.54, 1.807) is 10.8 Å². The Hall–Kier alpha value is 0.660. The molecule has 0 aromatic carbocycles. The van der Waals surface area contributed by atoms with Gasteiger partial charge in [-0.1, -0.05) is 24.6 Å². The first-order valence-corrected chi connectivity index (χ1v) is 6.76. The second kappa shape index (κ2) is 5.40. The summed E-state index contributed by atoms with van der Waals surface area (Å²) >= 11 is 4.15. The summed E-state index contributed by atoms with van der Waals surface area (Å²) in [5, 5.41) is 0. The second-order valence-electron chi connectivity index (χ2n) is 3.93. The first-order chi connectivity index (χ1) is 5.74. The molecule has 0 aromatic heterocycles. The van der Waals surface area contributed by atoms with E-state index < -0.39 is 0 Å². The van der Waals surface area contributed by atoms with Crippen LogP contribution >= 0.6 is 22.5 Å². The third-order valence-electron chi connectivity index (χ3n) is 2.75. The third kappa shape index (κ3) is 3.19. The Morgan fingerprint density at radius 1 is 1.58 bits per heavy atom. The average Bonchev–Trinajstić information content (AvgIpc) is 2.48. The summed E-state index contributed by atoms with van der Waals surface area (Å²) in [6.07, 6.45) is 1.40. The van der Waals surface area contributed by atoms with Crippen LogP contribution in [0.25, 0.3) is 0 Å². The molecule has 0 saturated carbocycles. The molecule has 0 amide bonds. The molecule has 3 heteroatoms. The number of thiol groups is 1. The van der Waals surface area contributed by atoms with Crippen LogP contribution in [0.4, 0.5) is 0 Å². The molecule has 1 atom stereocenters. The van der Waals surface area contributed by atoms with Gasteiger partial charge in [0.2, 0.25) is 0 Å². The Kier molecular flexibility index (Phi) is 4.84. The van der Waals surface area contributed by atoms with Gasteiger partial charge in [-0.15, -0.1) is 11.7 Å². The predicted octanol–water partition coefficient (Wildman–Crippen LogP) is 2.54. The Bertz CT molecular complexity index is 128. The van der Waals surface area contributed by atoms with E-state index in [1.165, 1.54) is 26.1 Å². The first-order valence-electron chi connectivity index (χ1n) is 4.72. The summed E-state index contributed by atoms with van der Waals surface area (Å²) < 4.78 is 0. The lowest BCUT2D eigenvalue weighted by Crippen LogP contribution is -2.24. The topological polar surface area (TPSA) is 3.24 Å². The van der Waals surface area contributed by atoms with Crippen LogP contribution in [0.1, 0.15) is 20.3 Å². The predicted molar refractivity (Wildman–Crippen MR) is 60.8 cm³/mol. The van der Waals surface area contributed by atoms with Gasteiger partial charge in [-0.25, -0.2) is 0 Å². The van der Waals surface area contributed by atoms with E-state index in [9.17, 15) is 0 Å². The van der Waals surface area contributed by atoms with Crippen molar-refractivity contribution in [1.29, 1.82) is 0 Å². The second-order valence-corrected chi connectivity index (χ2v) is 5.37. The summed E-state index contributed by atoms with van der Waals surface area (Å²) in [5.74, 6) is 2.96. The molecule has 0 radical (unpaired) electrons. The lowest BCUT2D eigenvalue weighted by atomic mass is 9.95. The van der Waals surface area contributed by atoms with Crippen LogP contribution in [0.5, 0.6) is 0 Å². The van der Waals surface area contributed by atoms with Gasteiger partial charge in [0.1, 0.15) is 0 Å². The Labute approximate surface area is 85.1 Å². The van der Waals surface area contributed by atoms with Gasteiger partial charge in [0, 0.05) is 18.8 Å². The minimum absolute atomic E-state index is 0.860. The average molecular weight is 205 g/mol. The molecule has 1 aliphatic rings. The van der Waals surface area contributed by atoms with E-state index in [2.05, 4.69) is 30.4 Å². The van der Waals surface area contributed by atoms with Crippen molar-refractivity contribution in [3.05, 3.63) is 0 Å². The molecule has 0 N–H and O–H groups in total. The molecule has 72 valence electrons. The molecule has 0 spiro atoms. The number of nitrogens with zero attached hydrogens (tertiary/aromatic N) is 1. The van der Waals surface area contributed by atoms with Crippen molar-refractivity contribution < 1.29 is 0 Å². The standard InChI is InChI=1S/C9H19NS2/c1-8(2)9-3-4-10(7-9)5-6-12-11/h8-9,11H,3-7H2,1-2H3. The summed E-state index contributed by atoms with van der Waals surface area (Å²) in [7, 11) is 1.65. The highest BCUT2D eigenvalue weighted by Gasteiger charge is 2.23.